The number of carbonyl (C=O) groups is 3. The molecule has 1 heterocycles. The van der Waals surface area contributed by atoms with E-state index in [0.29, 0.717) is 25.1 Å². The number of aliphatic carboxylic acids is 1. The first kappa shape index (κ1) is 35.2. The summed E-state index contributed by atoms with van der Waals surface area (Å²) >= 11 is 0. The number of benzene rings is 3. The molecule has 3 aromatic carbocycles. The molecule has 1 aromatic heterocycles. The largest absolute Gasteiger partial charge is 0.496 e. The molecule has 3 N–H and O–H groups in total. The minimum atomic E-state index is -0.978. The first-order chi connectivity index (χ1) is 22.4. The van der Waals surface area contributed by atoms with E-state index >= 15 is 0 Å². The molecule has 10 heteroatoms. The number of carbonyl (C=O) groups excluding carboxylic acids is 2. The number of aromatic nitrogens is 1. The highest BCUT2D eigenvalue weighted by molar-refractivity contribution is 5.83. The van der Waals surface area contributed by atoms with Gasteiger partial charge in [0, 0.05) is 48.8 Å². The molecule has 10 nitrogen and oxygen atoms in total. The van der Waals surface area contributed by atoms with Crippen LogP contribution in [-0.2, 0) is 38.5 Å². The zero-order chi connectivity index (χ0) is 34.0. The number of para-hydroxylation sites is 2. The molecule has 47 heavy (non-hydrogen) atoms. The van der Waals surface area contributed by atoms with E-state index < -0.39 is 29.6 Å². The maximum atomic E-state index is 14.4. The van der Waals surface area contributed by atoms with Gasteiger partial charge in [0.15, 0.2) is 0 Å². The lowest BCUT2D eigenvalue weighted by molar-refractivity contribution is -0.156. The van der Waals surface area contributed by atoms with Crippen molar-refractivity contribution in [2.24, 2.45) is 0 Å². The van der Waals surface area contributed by atoms with E-state index in [4.69, 9.17) is 9.47 Å². The van der Waals surface area contributed by atoms with Gasteiger partial charge in [-0.15, -0.1) is 0 Å². The molecule has 0 spiro atoms. The Bertz CT molecular complexity index is 1630. The van der Waals surface area contributed by atoms with Crippen LogP contribution in [0, 0.1) is 0 Å². The highest BCUT2D eigenvalue weighted by atomic mass is 16.6. The third-order valence-electron chi connectivity index (χ3n) is 7.80. The summed E-state index contributed by atoms with van der Waals surface area (Å²) in [5.41, 5.74) is 6.40. The van der Waals surface area contributed by atoms with Crippen molar-refractivity contribution in [3.63, 3.8) is 0 Å². The Morgan fingerprint density at radius 2 is 1.60 bits per heavy atom. The summed E-state index contributed by atoms with van der Waals surface area (Å²) in [5, 5.41) is 12.7. The van der Waals surface area contributed by atoms with E-state index in [1.807, 2.05) is 85.1 Å². The average molecular weight is 643 g/mol. The van der Waals surface area contributed by atoms with E-state index in [1.54, 1.807) is 44.8 Å². The van der Waals surface area contributed by atoms with Crippen LogP contribution in [0.5, 0.6) is 5.75 Å². The predicted molar refractivity (Wildman–Crippen MR) is 182 cm³/mol. The van der Waals surface area contributed by atoms with Crippen LogP contribution in [-0.4, -0.2) is 76.2 Å². The van der Waals surface area contributed by atoms with Crippen LogP contribution in [0.3, 0.4) is 0 Å². The summed E-state index contributed by atoms with van der Waals surface area (Å²) in [6, 6.07) is 23.7. The zero-order valence-electron chi connectivity index (χ0n) is 27.9. The lowest BCUT2D eigenvalue weighted by Crippen LogP contribution is -2.58. The fourth-order valence-corrected chi connectivity index (χ4v) is 5.68. The second kappa shape index (κ2) is 16.2. The third kappa shape index (κ3) is 10.4. The maximum absolute atomic E-state index is 14.4. The van der Waals surface area contributed by atoms with Gasteiger partial charge < -0.3 is 24.5 Å². The number of likely N-dealkylation sites (N-methyl/N-ethyl adjacent to an activating group) is 1. The molecular weight excluding hydrogens is 596 g/mol. The third-order valence-corrected chi connectivity index (χ3v) is 7.80. The highest BCUT2D eigenvalue weighted by Gasteiger charge is 2.32. The number of H-pyrrole nitrogens is 1. The molecule has 250 valence electrons. The number of hydrazine groups is 1. The van der Waals surface area contributed by atoms with Crippen molar-refractivity contribution in [2.75, 3.05) is 20.7 Å². The number of esters is 1. The van der Waals surface area contributed by atoms with Crippen LogP contribution in [0.2, 0.25) is 0 Å². The van der Waals surface area contributed by atoms with Crippen molar-refractivity contribution >= 4 is 28.7 Å². The van der Waals surface area contributed by atoms with Crippen LogP contribution in [0.4, 0.5) is 0 Å². The van der Waals surface area contributed by atoms with Gasteiger partial charge in [0.2, 0.25) is 5.91 Å². The number of nitrogens with one attached hydrogen (secondary N) is 2. The number of fused-ring (bicyclic) bond motifs is 1. The van der Waals surface area contributed by atoms with E-state index in [1.165, 1.54) is 0 Å². The van der Waals surface area contributed by atoms with Crippen molar-refractivity contribution in [1.29, 1.82) is 0 Å². The topological polar surface area (TPSA) is 124 Å². The standard InChI is InChI=1S/C37H46N4O6/c1-37(2,3)47-35(44)19-20-41(39-29(23-34(42)43)22-28-24-38-31-17-11-10-16-30(28)31)32(21-26-13-7-6-8-14-26)36(45)40(4)25-27-15-9-12-18-33(27)46-5/h6-18,24,29,32,38-39H,19-23,25H2,1-5H3,(H,42,43)/t29-,32-/m0/s1. The summed E-state index contributed by atoms with van der Waals surface area (Å²) in [5.74, 6) is -0.915. The summed E-state index contributed by atoms with van der Waals surface area (Å²) < 4.78 is 11.1. The molecule has 0 aliphatic heterocycles. The number of carboxylic acid groups (broad SMARTS) is 1. The lowest BCUT2D eigenvalue weighted by atomic mass is 10.0. The number of hydrogen-bond acceptors (Lipinski definition) is 7. The SMILES string of the molecule is COc1ccccc1CN(C)C(=O)[C@H](Cc1ccccc1)N(CCC(=O)OC(C)(C)C)N[C@H](CC(=O)O)Cc1c[nH]c2ccccc12. The van der Waals surface area contributed by atoms with Gasteiger partial charge in [-0.1, -0.05) is 66.7 Å². The number of aromatic amines is 1. The normalized spacial score (nSPS) is 12.9. The summed E-state index contributed by atoms with van der Waals surface area (Å²) in [6.45, 7) is 5.82. The van der Waals surface area contributed by atoms with E-state index in [0.717, 1.165) is 27.6 Å². The number of nitrogens with zero attached hydrogens (tertiary/aromatic N) is 2. The van der Waals surface area contributed by atoms with Gasteiger partial charge in [0.25, 0.3) is 0 Å². The van der Waals surface area contributed by atoms with E-state index in [2.05, 4.69) is 10.4 Å². The Labute approximate surface area is 276 Å². The molecule has 4 aromatic rings. The highest BCUT2D eigenvalue weighted by Crippen LogP contribution is 2.23. The van der Waals surface area contributed by atoms with Crippen molar-refractivity contribution in [3.8, 4) is 5.75 Å². The van der Waals surface area contributed by atoms with Crippen LogP contribution < -0.4 is 10.2 Å². The van der Waals surface area contributed by atoms with Gasteiger partial charge >= 0.3 is 11.9 Å². The number of ether oxygens (including phenoxy) is 2. The van der Waals surface area contributed by atoms with Gasteiger partial charge in [0.1, 0.15) is 17.4 Å². The van der Waals surface area contributed by atoms with Crippen molar-refractivity contribution in [2.45, 2.75) is 70.7 Å². The second-order valence-electron chi connectivity index (χ2n) is 12.7. The summed E-state index contributed by atoms with van der Waals surface area (Å²) in [6.07, 6.45) is 2.38. The van der Waals surface area contributed by atoms with Crippen molar-refractivity contribution < 1.29 is 29.0 Å². The molecule has 0 saturated carbocycles. The van der Waals surface area contributed by atoms with Crippen LogP contribution in [0.25, 0.3) is 10.9 Å². The second-order valence-corrected chi connectivity index (χ2v) is 12.7. The summed E-state index contributed by atoms with van der Waals surface area (Å²) in [4.78, 5) is 44.4. The molecular formula is C37H46N4O6. The van der Waals surface area contributed by atoms with Crippen molar-refractivity contribution in [1.82, 2.24) is 20.3 Å². The maximum Gasteiger partial charge on any atom is 0.307 e. The first-order valence-electron chi connectivity index (χ1n) is 15.9. The Hall–Kier alpha value is -4.67. The van der Waals surface area contributed by atoms with Gasteiger partial charge in [-0.05, 0) is 56.9 Å². The summed E-state index contributed by atoms with van der Waals surface area (Å²) in [7, 11) is 3.33. The molecule has 0 bridgehead atoms. The molecule has 4 rings (SSSR count). The van der Waals surface area contributed by atoms with Crippen LogP contribution in [0.1, 0.15) is 50.3 Å². The zero-order valence-corrected chi connectivity index (χ0v) is 27.9. The molecule has 0 radical (unpaired) electrons. The van der Waals surface area contributed by atoms with E-state index in [-0.39, 0.29) is 25.3 Å². The molecule has 0 aliphatic carbocycles. The van der Waals surface area contributed by atoms with Crippen molar-refractivity contribution in [3.05, 3.63) is 102 Å². The molecule has 2 atom stereocenters. The number of rotatable bonds is 16. The van der Waals surface area contributed by atoms with Gasteiger partial charge in [-0.3, -0.25) is 19.8 Å². The lowest BCUT2D eigenvalue weighted by Gasteiger charge is -2.36. The Kier molecular flexibility index (Phi) is 12.2. The number of carboxylic acids is 1. The number of methoxy groups -OCH3 is 1. The minimum absolute atomic E-state index is 0.00800. The van der Waals surface area contributed by atoms with Crippen LogP contribution >= 0.6 is 0 Å². The smallest absolute Gasteiger partial charge is 0.307 e. The number of amides is 1. The number of hydrogen-bond donors (Lipinski definition) is 3. The Balaban J connectivity index is 1.69. The fourth-order valence-electron chi connectivity index (χ4n) is 5.68. The average Bonchev–Trinajstić information content (AvgIpc) is 3.43. The first-order valence-corrected chi connectivity index (χ1v) is 15.9. The molecule has 0 fully saturated rings. The van der Waals surface area contributed by atoms with Gasteiger partial charge in [-0.2, -0.15) is 0 Å². The van der Waals surface area contributed by atoms with E-state index in [9.17, 15) is 19.5 Å². The van der Waals surface area contributed by atoms with Gasteiger partial charge in [0.05, 0.1) is 20.0 Å². The van der Waals surface area contributed by atoms with Gasteiger partial charge in [-0.25, -0.2) is 5.01 Å². The Morgan fingerprint density at radius 3 is 2.30 bits per heavy atom. The Morgan fingerprint density at radius 1 is 0.915 bits per heavy atom. The van der Waals surface area contributed by atoms with Crippen LogP contribution in [0.15, 0.2) is 85.1 Å². The predicted octanol–water partition coefficient (Wildman–Crippen LogP) is 5.37. The quantitative estimate of drug-likeness (QED) is 0.110. The molecule has 0 unspecified atom stereocenters. The molecule has 1 amide bonds. The monoisotopic (exact) mass is 642 g/mol. The molecule has 0 aliphatic rings. The minimum Gasteiger partial charge on any atom is -0.496 e. The molecule has 0 saturated heterocycles. The fraction of sp³-hybridized carbons (Fsp3) is 0.378.